The fourth-order valence-corrected chi connectivity index (χ4v) is 16.7. The van der Waals surface area contributed by atoms with Crippen LogP contribution >= 0.6 is 23.4 Å². The Bertz CT molecular complexity index is 3500. The molecule has 109 heavy (non-hydrogen) atoms. The van der Waals surface area contributed by atoms with Crippen molar-refractivity contribution in [2.75, 3.05) is 64.6 Å². The molecule has 2 aromatic rings. The number of thioether (sulfide) groups is 1. The lowest BCUT2D eigenvalue weighted by atomic mass is 9.47. The second-order valence-electron chi connectivity index (χ2n) is 28.9. The van der Waals surface area contributed by atoms with Crippen molar-refractivity contribution in [3.8, 4) is 5.75 Å². The fourth-order valence-electron chi connectivity index (χ4n) is 15.1. The summed E-state index contributed by atoms with van der Waals surface area (Å²) >= 11 is 8.44. The lowest BCUT2D eigenvalue weighted by molar-refractivity contribution is -0.645. The van der Waals surface area contributed by atoms with Gasteiger partial charge in [-0.2, -0.15) is 16.6 Å². The minimum absolute atomic E-state index is 0.00164. The molecule has 8 rings (SSSR count). The van der Waals surface area contributed by atoms with Crippen molar-refractivity contribution in [1.29, 1.82) is 0 Å². The molecule has 4 aliphatic carbocycles. The summed E-state index contributed by atoms with van der Waals surface area (Å²) in [4.78, 5) is 162. The maximum atomic E-state index is 14.1. The number of methoxy groups -OCH3 is 2. The van der Waals surface area contributed by atoms with E-state index in [1.54, 1.807) is 57.4 Å². The standard InChI is InChI=1S/C73H111ClN16O18S/c1-41(2)61(67(99)87-52(17-13-30-82-71(80)103)64(96)84-48-23-19-42(20-24-48)39-106-62-45(22-26-59(94)104-3)21-25-49(60(62)74)73(105-4)72(107-108-73)46-33-43-32-44(35-46)36-47(72)34-43)89-56(91)18-6-5-11-31-90-58(93)37-55(68(90)100)109-40-50(77)63(95)83-38-57(92)85-51(14-7-9-27-75)65(97)86-53(16-12-29-81-70(78)79)66(98)88-54(69(101)102)15-8-10-28-76/h19-26,41,43-44,46-47,50-55,61,68,100H,5-18,27-40,75-77H2,1-4H3,(H,83,95)(H,84,96)(H,85,92)(H,86,97)(H,87,99)(H,88,98)(H,89,91)(H,101,102)(H4,78,79,81)(H3,80,82,103)/b26-22+/t43?,44?,46?,47?,50-,51-,52?,53-,54-,55?,61?,68?,72?,73?/m1/s1. The molecule has 1 spiro atoms. The van der Waals surface area contributed by atoms with E-state index in [9.17, 15) is 63.0 Å². The predicted molar refractivity (Wildman–Crippen MR) is 405 cm³/mol. The van der Waals surface area contributed by atoms with Crippen LogP contribution < -0.4 is 81.7 Å². The van der Waals surface area contributed by atoms with Gasteiger partial charge in [0.05, 0.1) is 30.0 Å². The zero-order valence-corrected chi connectivity index (χ0v) is 64.1. The number of unbranched alkanes of at least 4 members (excludes halogenated alkanes) is 4. The SMILES string of the molecule is COC(=O)/C=C/c1ccc(C2(OC)OOC23C2CC4CC(C2)CC3C4)c(Cl)c1OCc1ccc(NC(=O)C(CCCNC(N)=O)NC(=O)C(NC(=O)CCCCCN2C(=O)CC(SC[C@@H](N)C(=O)NCC(=O)N[C@H](CCCCN)C(=O)N[C@H](CCCN=C(N)N)C(=O)N[C@H](CCCCN)C(=O)O)C2O)C(C)C)cc1. The Morgan fingerprint density at radius 1 is 0.716 bits per heavy atom. The number of nitrogens with two attached hydrogens (primary N) is 6. The molecule has 2 heterocycles. The van der Waals surface area contributed by atoms with E-state index < -0.39 is 131 Å². The molecular weight excluding hydrogens is 1460 g/mol. The van der Waals surface area contributed by atoms with Crippen LogP contribution in [-0.4, -0.2) is 199 Å². The van der Waals surface area contributed by atoms with Crippen LogP contribution in [0.15, 0.2) is 47.5 Å². The fraction of sp³-hybridized carbons (Fsp3) is 0.644. The number of amides is 10. The molecule has 22 N–H and O–H groups in total. The van der Waals surface area contributed by atoms with Gasteiger partial charge in [-0.25, -0.2) is 19.3 Å². The number of carbonyl (C=O) groups is 11. The van der Waals surface area contributed by atoms with Gasteiger partial charge in [0, 0.05) is 68.2 Å². The number of nitrogens with zero attached hydrogens (tertiary/aromatic N) is 2. The van der Waals surface area contributed by atoms with Crippen LogP contribution in [0.4, 0.5) is 10.5 Å². The van der Waals surface area contributed by atoms with E-state index in [-0.39, 0.29) is 124 Å². The molecule has 9 atom stereocenters. The number of hydrogen-bond acceptors (Lipinski definition) is 22. The Balaban J connectivity index is 0.855. The monoisotopic (exact) mass is 1570 g/mol. The number of esters is 1. The molecule has 2 aromatic carbocycles. The average Bonchev–Trinajstić information content (AvgIpc) is 1.27. The minimum atomic E-state index is -1.31. The van der Waals surface area contributed by atoms with Crippen LogP contribution in [0.5, 0.6) is 5.75 Å². The maximum Gasteiger partial charge on any atom is 0.330 e. The largest absolute Gasteiger partial charge is 0.487 e. The number of halogens is 1. The van der Waals surface area contributed by atoms with Crippen molar-refractivity contribution in [2.24, 2.45) is 69.0 Å². The van der Waals surface area contributed by atoms with E-state index in [4.69, 9.17) is 70.0 Å². The Labute approximate surface area is 643 Å². The summed E-state index contributed by atoms with van der Waals surface area (Å²) in [5.41, 5.74) is 35.0. The molecular formula is C73H111ClN16O18S. The van der Waals surface area contributed by atoms with Crippen molar-refractivity contribution < 1.29 is 86.9 Å². The van der Waals surface area contributed by atoms with Gasteiger partial charge < -0.3 is 106 Å². The molecule has 4 bridgehead atoms. The molecule has 34 nitrogen and oxygen atoms in total. The smallest absolute Gasteiger partial charge is 0.330 e. The first-order chi connectivity index (χ1) is 52.1. The number of aliphatic carboxylic acids is 1. The first-order valence-corrected chi connectivity index (χ1v) is 38.9. The van der Waals surface area contributed by atoms with Crippen molar-refractivity contribution in [2.45, 2.75) is 208 Å². The minimum Gasteiger partial charge on any atom is -0.487 e. The number of hydrogen-bond donors (Lipinski definition) is 16. The summed E-state index contributed by atoms with van der Waals surface area (Å²) < 4.78 is 17.7. The topological polar surface area (TPSA) is 542 Å². The molecule has 36 heteroatoms. The number of benzene rings is 2. The van der Waals surface area contributed by atoms with Crippen molar-refractivity contribution in [3.63, 3.8) is 0 Å². The summed E-state index contributed by atoms with van der Waals surface area (Å²) in [6.07, 6.45) is 10.6. The van der Waals surface area contributed by atoms with Crippen LogP contribution in [0.2, 0.25) is 5.02 Å². The normalized spacial score (nSPS) is 22.6. The zero-order valence-electron chi connectivity index (χ0n) is 62.5. The van der Waals surface area contributed by atoms with E-state index in [0.29, 0.717) is 85.7 Å². The third-order valence-corrected chi connectivity index (χ3v) is 22.4. The zero-order chi connectivity index (χ0) is 79.5. The van der Waals surface area contributed by atoms with Crippen molar-refractivity contribution in [3.05, 3.63) is 64.2 Å². The Morgan fingerprint density at radius 2 is 1.33 bits per heavy atom. The molecule has 0 radical (unpaired) electrons. The van der Waals surface area contributed by atoms with E-state index in [0.717, 1.165) is 37.4 Å². The van der Waals surface area contributed by atoms with Crippen molar-refractivity contribution >= 4 is 106 Å². The highest BCUT2D eigenvalue weighted by Gasteiger charge is 2.77. The number of anilines is 1. The molecule has 0 aromatic heterocycles. The van der Waals surface area contributed by atoms with Crippen LogP contribution in [0.25, 0.3) is 6.08 Å². The number of carboxylic acid groups (broad SMARTS) is 1. The number of primary amides is 1. The van der Waals surface area contributed by atoms with Gasteiger partial charge in [-0.3, -0.25) is 43.3 Å². The number of carboxylic acids is 1. The highest BCUT2D eigenvalue weighted by molar-refractivity contribution is 8.00. The second-order valence-corrected chi connectivity index (χ2v) is 30.5. The molecule has 5 unspecified atom stereocenters. The highest BCUT2D eigenvalue weighted by Crippen LogP contribution is 2.70. The summed E-state index contributed by atoms with van der Waals surface area (Å²) in [5, 5.41) is 41.6. The number of aliphatic hydroxyl groups is 1. The number of aliphatic hydroxyl groups excluding tert-OH is 1. The number of nitrogens with one attached hydrogen (secondary N) is 8. The number of carbonyl (C=O) groups excluding carboxylic acids is 10. The van der Waals surface area contributed by atoms with Gasteiger partial charge in [0.25, 0.3) is 5.79 Å². The number of aliphatic imine (C=N–C) groups is 1. The maximum absolute atomic E-state index is 14.1. The number of guanidine groups is 1. The van der Waals surface area contributed by atoms with Gasteiger partial charge in [0.2, 0.25) is 47.3 Å². The summed E-state index contributed by atoms with van der Waals surface area (Å²) in [7, 11) is 2.86. The molecule has 604 valence electrons. The summed E-state index contributed by atoms with van der Waals surface area (Å²) in [5.74, 6) is -6.88. The predicted octanol–water partition coefficient (Wildman–Crippen LogP) is 1.58. The van der Waals surface area contributed by atoms with Crippen LogP contribution in [0.3, 0.4) is 0 Å². The van der Waals surface area contributed by atoms with E-state index in [1.165, 1.54) is 24.5 Å². The van der Waals surface area contributed by atoms with Crippen molar-refractivity contribution in [1.82, 2.24) is 42.1 Å². The van der Waals surface area contributed by atoms with E-state index in [1.807, 2.05) is 6.07 Å². The Hall–Kier alpha value is -8.42. The Morgan fingerprint density at radius 3 is 1.93 bits per heavy atom. The average molecular weight is 1570 g/mol. The van der Waals surface area contributed by atoms with E-state index >= 15 is 0 Å². The summed E-state index contributed by atoms with van der Waals surface area (Å²) in [6.45, 7) is 3.85. The van der Waals surface area contributed by atoms with Crippen LogP contribution in [0, 0.1) is 29.6 Å². The molecule has 10 amide bonds. The molecule has 2 saturated heterocycles. The number of urea groups is 1. The molecule has 2 aliphatic heterocycles. The third-order valence-electron chi connectivity index (χ3n) is 20.6. The van der Waals surface area contributed by atoms with Gasteiger partial charge in [-0.05, 0) is 176 Å². The van der Waals surface area contributed by atoms with E-state index in [2.05, 4.69) is 47.5 Å². The third kappa shape index (κ3) is 24.3. The molecule has 6 fully saturated rings. The van der Waals surface area contributed by atoms with Crippen LogP contribution in [0.1, 0.15) is 159 Å². The lowest BCUT2D eigenvalue weighted by Gasteiger charge is -2.68. The lowest BCUT2D eigenvalue weighted by Crippen LogP contribution is -2.76. The van der Waals surface area contributed by atoms with Gasteiger partial charge >= 0.3 is 18.0 Å². The number of likely N-dealkylation sites (tertiary alicyclic amines) is 1. The van der Waals surface area contributed by atoms with Gasteiger partial charge in [0.15, 0.2) is 11.6 Å². The Kier molecular flexibility index (Phi) is 34.4. The van der Waals surface area contributed by atoms with Gasteiger partial charge in [-0.1, -0.05) is 56.1 Å². The number of ether oxygens (including phenoxy) is 3. The first-order valence-electron chi connectivity index (χ1n) is 37.5. The first kappa shape index (κ1) is 87.8. The molecule has 6 aliphatic rings. The summed E-state index contributed by atoms with van der Waals surface area (Å²) in [6, 6.07) is 2.52. The quantitative estimate of drug-likeness (QED) is 0.0112. The van der Waals surface area contributed by atoms with Gasteiger partial charge in [-0.15, -0.1) is 0 Å². The van der Waals surface area contributed by atoms with Gasteiger partial charge in [0.1, 0.15) is 48.8 Å². The van der Waals surface area contributed by atoms with Crippen LogP contribution in [-0.2, 0) is 79.6 Å². The highest BCUT2D eigenvalue weighted by atomic mass is 35.5. The molecule has 4 saturated carbocycles. The number of rotatable bonds is 47. The second kappa shape index (κ2) is 42.7.